The van der Waals surface area contributed by atoms with Crippen LogP contribution in [0.5, 0.6) is 0 Å². The third-order valence-electron chi connectivity index (χ3n) is 3.44. The number of hydrogen-bond acceptors (Lipinski definition) is 4. The van der Waals surface area contributed by atoms with E-state index in [9.17, 15) is 9.59 Å². The van der Waals surface area contributed by atoms with E-state index in [1.807, 2.05) is 25.3 Å². The highest BCUT2D eigenvalue weighted by molar-refractivity contribution is 7.11. The monoisotopic (exact) mass is 343 g/mol. The van der Waals surface area contributed by atoms with Crippen LogP contribution in [-0.2, 0) is 4.79 Å². The summed E-state index contributed by atoms with van der Waals surface area (Å²) in [5.41, 5.74) is 4.80. The van der Waals surface area contributed by atoms with Crippen molar-refractivity contribution in [2.45, 2.75) is 33.1 Å². The van der Waals surface area contributed by atoms with Crippen LogP contribution in [0.25, 0.3) is 0 Å². The number of benzene rings is 1. The predicted molar refractivity (Wildman–Crippen MR) is 98.7 cm³/mol. The Balaban J connectivity index is 1.88. The van der Waals surface area contributed by atoms with Gasteiger partial charge in [-0.15, -0.1) is 11.3 Å². The van der Waals surface area contributed by atoms with Gasteiger partial charge in [-0.05, 0) is 54.6 Å². The number of hydrogen-bond donors (Lipinski definition) is 2. The molecular formula is C18H21N3O2S. The minimum Gasteiger partial charge on any atom is -0.326 e. The van der Waals surface area contributed by atoms with Gasteiger partial charge in [-0.1, -0.05) is 13.3 Å². The molecule has 6 heteroatoms. The van der Waals surface area contributed by atoms with Crippen molar-refractivity contribution in [3.63, 3.8) is 0 Å². The summed E-state index contributed by atoms with van der Waals surface area (Å²) in [4.78, 5) is 24.7. The summed E-state index contributed by atoms with van der Waals surface area (Å²) < 4.78 is 0. The molecule has 0 aliphatic rings. The van der Waals surface area contributed by atoms with Crippen LogP contribution < -0.4 is 10.7 Å². The lowest BCUT2D eigenvalue weighted by Gasteiger charge is -2.05. The molecule has 2 N–H and O–H groups in total. The first-order valence-corrected chi connectivity index (χ1v) is 8.75. The number of carbonyl (C=O) groups is 2. The zero-order valence-electron chi connectivity index (χ0n) is 13.8. The van der Waals surface area contributed by atoms with Crippen LogP contribution in [0.2, 0.25) is 0 Å². The third kappa shape index (κ3) is 5.31. The molecule has 2 amide bonds. The molecule has 0 spiro atoms. The van der Waals surface area contributed by atoms with Crippen molar-refractivity contribution in [3.8, 4) is 0 Å². The van der Waals surface area contributed by atoms with Gasteiger partial charge < -0.3 is 5.32 Å². The number of amides is 2. The number of unbranched alkanes of at least 4 members (excludes halogenated alkanes) is 1. The third-order valence-corrected chi connectivity index (χ3v) is 4.39. The van der Waals surface area contributed by atoms with Crippen LogP contribution in [0.1, 0.15) is 47.0 Å². The van der Waals surface area contributed by atoms with Gasteiger partial charge in [0.05, 0.1) is 6.21 Å². The first-order chi connectivity index (χ1) is 11.6. The molecular weight excluding hydrogens is 322 g/mol. The van der Waals surface area contributed by atoms with E-state index < -0.39 is 0 Å². The van der Waals surface area contributed by atoms with Gasteiger partial charge in [0.15, 0.2) is 0 Å². The maximum absolute atomic E-state index is 12.0. The second-order valence-corrected chi connectivity index (χ2v) is 6.34. The SMILES string of the molecule is CCCCC(=O)Nc1ccc(C(=O)N/N=C/c2sccc2C)cc1. The highest BCUT2D eigenvalue weighted by Crippen LogP contribution is 2.13. The molecule has 2 aromatic rings. The maximum atomic E-state index is 12.0. The van der Waals surface area contributed by atoms with Gasteiger partial charge in [-0.3, -0.25) is 9.59 Å². The molecule has 0 saturated carbocycles. The normalized spacial score (nSPS) is 10.8. The fraction of sp³-hybridized carbons (Fsp3) is 0.278. The van der Waals surface area contributed by atoms with Gasteiger partial charge in [0.25, 0.3) is 5.91 Å². The summed E-state index contributed by atoms with van der Waals surface area (Å²) in [6, 6.07) is 8.76. The fourth-order valence-corrected chi connectivity index (χ4v) is 2.78. The van der Waals surface area contributed by atoms with E-state index in [0.717, 1.165) is 23.3 Å². The number of thiophene rings is 1. The Labute approximate surface area is 145 Å². The number of anilines is 1. The van der Waals surface area contributed by atoms with Crippen molar-refractivity contribution in [1.29, 1.82) is 0 Å². The van der Waals surface area contributed by atoms with E-state index in [1.165, 1.54) is 0 Å². The van der Waals surface area contributed by atoms with Crippen molar-refractivity contribution < 1.29 is 9.59 Å². The number of aryl methyl sites for hydroxylation is 1. The second kappa shape index (κ2) is 8.98. The Morgan fingerprint density at radius 1 is 1.21 bits per heavy atom. The lowest BCUT2D eigenvalue weighted by atomic mass is 10.2. The molecule has 1 heterocycles. The largest absolute Gasteiger partial charge is 0.326 e. The summed E-state index contributed by atoms with van der Waals surface area (Å²) >= 11 is 1.57. The molecule has 0 unspecified atom stereocenters. The molecule has 0 fully saturated rings. The predicted octanol–water partition coefficient (Wildman–Crippen LogP) is 3.95. The summed E-state index contributed by atoms with van der Waals surface area (Å²) in [5, 5.41) is 8.76. The van der Waals surface area contributed by atoms with Crippen LogP contribution in [0.4, 0.5) is 5.69 Å². The summed E-state index contributed by atoms with van der Waals surface area (Å²) in [5.74, 6) is -0.297. The molecule has 5 nitrogen and oxygen atoms in total. The zero-order chi connectivity index (χ0) is 17.4. The van der Waals surface area contributed by atoms with Crippen LogP contribution in [0.15, 0.2) is 40.8 Å². The molecule has 0 saturated heterocycles. The summed E-state index contributed by atoms with van der Waals surface area (Å²) in [6.45, 7) is 4.04. The smallest absolute Gasteiger partial charge is 0.271 e. The fourth-order valence-electron chi connectivity index (χ4n) is 2.00. The minimum atomic E-state index is -0.288. The Morgan fingerprint density at radius 2 is 1.96 bits per heavy atom. The molecule has 0 radical (unpaired) electrons. The number of carbonyl (C=O) groups excluding carboxylic acids is 2. The lowest BCUT2D eigenvalue weighted by Crippen LogP contribution is -2.17. The van der Waals surface area contributed by atoms with E-state index in [4.69, 9.17) is 0 Å². The van der Waals surface area contributed by atoms with Crippen molar-refractivity contribution >= 4 is 35.1 Å². The first kappa shape index (κ1) is 17.9. The number of nitrogens with one attached hydrogen (secondary N) is 2. The topological polar surface area (TPSA) is 70.6 Å². The Kier molecular flexibility index (Phi) is 6.69. The Bertz CT molecular complexity index is 720. The summed E-state index contributed by atoms with van der Waals surface area (Å²) in [7, 11) is 0. The van der Waals surface area contributed by atoms with Crippen molar-refractivity contribution in [3.05, 3.63) is 51.7 Å². The molecule has 1 aromatic carbocycles. The van der Waals surface area contributed by atoms with E-state index in [-0.39, 0.29) is 11.8 Å². The van der Waals surface area contributed by atoms with E-state index >= 15 is 0 Å². The average molecular weight is 343 g/mol. The maximum Gasteiger partial charge on any atom is 0.271 e. The van der Waals surface area contributed by atoms with Crippen molar-refractivity contribution in [2.24, 2.45) is 5.10 Å². The molecule has 0 aliphatic heterocycles. The minimum absolute atomic E-state index is 0.00929. The van der Waals surface area contributed by atoms with Crippen molar-refractivity contribution in [2.75, 3.05) is 5.32 Å². The van der Waals surface area contributed by atoms with E-state index in [1.54, 1.807) is 41.8 Å². The van der Waals surface area contributed by atoms with Crippen molar-refractivity contribution in [1.82, 2.24) is 5.43 Å². The zero-order valence-corrected chi connectivity index (χ0v) is 14.7. The van der Waals surface area contributed by atoms with Crippen LogP contribution in [-0.4, -0.2) is 18.0 Å². The van der Waals surface area contributed by atoms with Gasteiger partial charge in [-0.2, -0.15) is 5.10 Å². The molecule has 0 atom stereocenters. The van der Waals surface area contributed by atoms with E-state index in [2.05, 4.69) is 15.8 Å². The highest BCUT2D eigenvalue weighted by atomic mass is 32.1. The van der Waals surface area contributed by atoms with E-state index in [0.29, 0.717) is 17.7 Å². The Hall–Kier alpha value is -2.47. The number of nitrogens with zero attached hydrogens (tertiary/aromatic N) is 1. The highest BCUT2D eigenvalue weighted by Gasteiger charge is 2.06. The molecule has 2 rings (SSSR count). The Morgan fingerprint density at radius 3 is 2.58 bits per heavy atom. The molecule has 24 heavy (non-hydrogen) atoms. The standard InChI is InChI=1S/C18H21N3O2S/c1-3-4-5-17(22)20-15-8-6-14(7-9-15)18(23)21-19-12-16-13(2)10-11-24-16/h6-12H,3-5H2,1-2H3,(H,20,22)(H,21,23)/b19-12+. The molecule has 126 valence electrons. The second-order valence-electron chi connectivity index (χ2n) is 5.40. The quantitative estimate of drug-likeness (QED) is 0.590. The molecule has 0 aliphatic carbocycles. The van der Waals surface area contributed by atoms with Crippen LogP contribution >= 0.6 is 11.3 Å². The van der Waals surface area contributed by atoms with Crippen LogP contribution in [0.3, 0.4) is 0 Å². The van der Waals surface area contributed by atoms with Gasteiger partial charge >= 0.3 is 0 Å². The average Bonchev–Trinajstić information content (AvgIpc) is 2.98. The first-order valence-electron chi connectivity index (χ1n) is 7.87. The number of hydrazone groups is 1. The molecule has 0 bridgehead atoms. The van der Waals surface area contributed by atoms with Crippen LogP contribution in [0, 0.1) is 6.92 Å². The number of rotatable bonds is 7. The van der Waals surface area contributed by atoms with Gasteiger partial charge in [0, 0.05) is 22.5 Å². The van der Waals surface area contributed by atoms with Gasteiger partial charge in [0.2, 0.25) is 5.91 Å². The van der Waals surface area contributed by atoms with Gasteiger partial charge in [-0.25, -0.2) is 5.43 Å². The lowest BCUT2D eigenvalue weighted by molar-refractivity contribution is -0.116. The summed E-state index contributed by atoms with van der Waals surface area (Å²) in [6.07, 6.45) is 4.00. The molecule has 1 aromatic heterocycles. The van der Waals surface area contributed by atoms with Gasteiger partial charge in [0.1, 0.15) is 0 Å².